The minimum atomic E-state index is -0.599. The molecule has 3 aromatic rings. The fourth-order valence-corrected chi connectivity index (χ4v) is 2.28. The van der Waals surface area contributed by atoms with Gasteiger partial charge in [0.05, 0.1) is 0 Å². The van der Waals surface area contributed by atoms with E-state index in [4.69, 9.17) is 4.74 Å². The van der Waals surface area contributed by atoms with Crippen LogP contribution in [-0.2, 0) is 4.74 Å². The highest BCUT2D eigenvalue weighted by Crippen LogP contribution is 2.27. The molecule has 0 aliphatic heterocycles. The number of rotatable bonds is 3. The summed E-state index contributed by atoms with van der Waals surface area (Å²) >= 11 is 0. The van der Waals surface area contributed by atoms with Gasteiger partial charge in [-0.05, 0) is 32.9 Å². The van der Waals surface area contributed by atoms with E-state index in [1.54, 1.807) is 33.0 Å². The Bertz CT molecular complexity index is 891. The monoisotopic (exact) mass is 337 g/mol. The van der Waals surface area contributed by atoms with Crippen LogP contribution < -0.4 is 10.9 Å². The highest BCUT2D eigenvalue weighted by atomic mass is 16.6. The number of benzene rings is 1. The first kappa shape index (κ1) is 16.6. The van der Waals surface area contributed by atoms with Gasteiger partial charge in [-0.3, -0.25) is 10.4 Å². The summed E-state index contributed by atoms with van der Waals surface area (Å²) in [4.78, 5) is 16.2. The van der Waals surface area contributed by atoms with E-state index in [9.17, 15) is 4.79 Å². The van der Waals surface area contributed by atoms with Gasteiger partial charge in [0.15, 0.2) is 5.82 Å². The van der Waals surface area contributed by atoms with Crippen molar-refractivity contribution in [2.75, 3.05) is 5.43 Å². The predicted molar refractivity (Wildman–Crippen MR) is 95.8 cm³/mol. The minimum Gasteiger partial charge on any atom is -0.443 e. The van der Waals surface area contributed by atoms with Gasteiger partial charge in [0, 0.05) is 17.1 Å². The smallest absolute Gasteiger partial charge is 0.426 e. The van der Waals surface area contributed by atoms with Gasteiger partial charge in [0.2, 0.25) is 0 Å². The Balaban J connectivity index is 1.90. The maximum atomic E-state index is 11.8. The molecule has 0 aliphatic carbocycles. The van der Waals surface area contributed by atoms with Crippen molar-refractivity contribution >= 4 is 22.8 Å². The number of aromatic nitrogens is 3. The Kier molecular flexibility index (Phi) is 4.47. The van der Waals surface area contributed by atoms with Crippen molar-refractivity contribution in [1.82, 2.24) is 20.6 Å². The highest BCUT2D eigenvalue weighted by molar-refractivity contribution is 5.97. The second-order valence-corrected chi connectivity index (χ2v) is 6.41. The van der Waals surface area contributed by atoms with E-state index < -0.39 is 11.7 Å². The number of nitrogens with one attached hydrogen (secondary N) is 2. The van der Waals surface area contributed by atoms with Crippen molar-refractivity contribution < 1.29 is 9.53 Å². The lowest BCUT2D eigenvalue weighted by Gasteiger charge is -2.20. The molecule has 25 heavy (non-hydrogen) atoms. The molecule has 2 N–H and O–H groups in total. The molecule has 1 aromatic carbocycles. The summed E-state index contributed by atoms with van der Waals surface area (Å²) in [5.74, 6) is 0.397. The van der Waals surface area contributed by atoms with E-state index in [0.717, 1.165) is 10.9 Å². The Morgan fingerprint density at radius 3 is 2.52 bits per heavy atom. The summed E-state index contributed by atoms with van der Waals surface area (Å²) in [7, 11) is 0. The number of amides is 1. The van der Waals surface area contributed by atoms with Gasteiger partial charge < -0.3 is 4.74 Å². The minimum absolute atomic E-state index is 0.397. The number of hydrazine groups is 1. The average molecular weight is 337 g/mol. The van der Waals surface area contributed by atoms with Gasteiger partial charge in [-0.15, -0.1) is 10.2 Å². The van der Waals surface area contributed by atoms with Crippen molar-refractivity contribution in [3.8, 4) is 11.3 Å². The third kappa shape index (κ3) is 4.00. The molecule has 0 aliphatic rings. The molecule has 0 radical (unpaired) electrons. The second kappa shape index (κ2) is 6.72. The Hall–Kier alpha value is -3.22. The van der Waals surface area contributed by atoms with E-state index in [2.05, 4.69) is 26.0 Å². The van der Waals surface area contributed by atoms with Crippen LogP contribution in [0, 0.1) is 0 Å². The summed E-state index contributed by atoms with van der Waals surface area (Å²) < 4.78 is 5.19. The lowest BCUT2D eigenvalue weighted by molar-refractivity contribution is 0.0541. The lowest BCUT2D eigenvalue weighted by Crippen LogP contribution is -2.36. The van der Waals surface area contributed by atoms with Gasteiger partial charge in [-0.1, -0.05) is 30.3 Å². The summed E-state index contributed by atoms with van der Waals surface area (Å²) in [6.45, 7) is 5.38. The number of carbonyl (C=O) groups excluding carboxylic acids is 1. The molecule has 2 aromatic heterocycles. The summed E-state index contributed by atoms with van der Waals surface area (Å²) in [5.41, 5.74) is 6.92. The number of anilines is 1. The van der Waals surface area contributed by atoms with Crippen LogP contribution in [0.1, 0.15) is 20.8 Å². The number of nitrogens with zero attached hydrogens (tertiary/aromatic N) is 3. The number of ether oxygens (including phenoxy) is 1. The maximum absolute atomic E-state index is 11.8. The Morgan fingerprint density at radius 1 is 1.04 bits per heavy atom. The van der Waals surface area contributed by atoms with Crippen LogP contribution >= 0.6 is 0 Å². The number of pyridine rings is 1. The van der Waals surface area contributed by atoms with E-state index in [0.29, 0.717) is 17.0 Å². The average Bonchev–Trinajstić information content (AvgIpc) is 2.59. The molecule has 7 heteroatoms. The van der Waals surface area contributed by atoms with Crippen LogP contribution in [0.25, 0.3) is 22.2 Å². The van der Waals surface area contributed by atoms with Crippen molar-refractivity contribution in [1.29, 1.82) is 0 Å². The first-order valence-corrected chi connectivity index (χ1v) is 7.86. The SMILES string of the molecule is CC(C)(C)OC(=O)NNc1nnc(-c2ccccc2)c2ncccc12. The van der Waals surface area contributed by atoms with Crippen LogP contribution in [0.5, 0.6) is 0 Å². The second-order valence-electron chi connectivity index (χ2n) is 6.41. The topological polar surface area (TPSA) is 89.0 Å². The number of hydrogen-bond acceptors (Lipinski definition) is 6. The molecule has 7 nitrogen and oxygen atoms in total. The van der Waals surface area contributed by atoms with Gasteiger partial charge in [-0.2, -0.15) is 0 Å². The van der Waals surface area contributed by atoms with Crippen LogP contribution in [-0.4, -0.2) is 26.9 Å². The first-order valence-electron chi connectivity index (χ1n) is 7.86. The van der Waals surface area contributed by atoms with Crippen LogP contribution in [0.3, 0.4) is 0 Å². The number of carbonyl (C=O) groups is 1. The first-order chi connectivity index (χ1) is 11.9. The molecule has 128 valence electrons. The third-order valence-corrected chi connectivity index (χ3v) is 3.27. The zero-order valence-electron chi connectivity index (χ0n) is 14.3. The van der Waals surface area contributed by atoms with Gasteiger partial charge in [0.1, 0.15) is 16.8 Å². The van der Waals surface area contributed by atoms with Gasteiger partial charge in [0.25, 0.3) is 0 Å². The molecule has 3 rings (SSSR count). The highest BCUT2D eigenvalue weighted by Gasteiger charge is 2.17. The largest absolute Gasteiger partial charge is 0.443 e. The quantitative estimate of drug-likeness (QED) is 0.711. The molecule has 1 amide bonds. The van der Waals surface area contributed by atoms with E-state index in [1.165, 1.54) is 0 Å². The van der Waals surface area contributed by atoms with Crippen molar-refractivity contribution in [2.24, 2.45) is 0 Å². The molecule has 0 atom stereocenters. The zero-order valence-corrected chi connectivity index (χ0v) is 14.3. The molecular formula is C18H19N5O2. The maximum Gasteiger partial charge on any atom is 0.426 e. The van der Waals surface area contributed by atoms with Gasteiger partial charge >= 0.3 is 6.09 Å². The summed E-state index contributed by atoms with van der Waals surface area (Å²) in [5, 5.41) is 9.19. The molecule has 0 saturated heterocycles. The fraction of sp³-hybridized carbons (Fsp3) is 0.222. The number of fused-ring (bicyclic) bond motifs is 1. The Labute approximate surface area is 145 Å². The van der Waals surface area contributed by atoms with Crippen LogP contribution in [0.4, 0.5) is 10.6 Å². The molecule has 0 spiro atoms. The molecule has 0 bridgehead atoms. The predicted octanol–water partition coefficient (Wildman–Crippen LogP) is 3.54. The molecular weight excluding hydrogens is 318 g/mol. The molecule has 0 saturated carbocycles. The summed E-state index contributed by atoms with van der Waals surface area (Å²) in [6.07, 6.45) is 1.10. The molecule has 0 fully saturated rings. The van der Waals surface area contributed by atoms with Crippen molar-refractivity contribution in [2.45, 2.75) is 26.4 Å². The van der Waals surface area contributed by atoms with Crippen LogP contribution in [0.2, 0.25) is 0 Å². The van der Waals surface area contributed by atoms with E-state index >= 15 is 0 Å². The standard InChI is InChI=1S/C18H19N5O2/c1-18(2,3)25-17(24)23-22-16-13-10-7-11-19-15(13)14(20-21-16)12-8-5-4-6-9-12/h4-11H,1-3H3,(H,21,22)(H,23,24). The van der Waals surface area contributed by atoms with Crippen molar-refractivity contribution in [3.63, 3.8) is 0 Å². The van der Waals surface area contributed by atoms with Gasteiger partial charge in [-0.25, -0.2) is 10.2 Å². The molecule has 0 unspecified atom stereocenters. The lowest BCUT2D eigenvalue weighted by atomic mass is 10.1. The van der Waals surface area contributed by atoms with E-state index in [-0.39, 0.29) is 0 Å². The summed E-state index contributed by atoms with van der Waals surface area (Å²) in [6, 6.07) is 13.4. The van der Waals surface area contributed by atoms with Crippen LogP contribution in [0.15, 0.2) is 48.7 Å². The third-order valence-electron chi connectivity index (χ3n) is 3.27. The normalized spacial score (nSPS) is 11.2. The number of hydrogen-bond donors (Lipinski definition) is 2. The fourth-order valence-electron chi connectivity index (χ4n) is 2.28. The zero-order chi connectivity index (χ0) is 17.9. The van der Waals surface area contributed by atoms with Crippen molar-refractivity contribution in [3.05, 3.63) is 48.7 Å². The Morgan fingerprint density at radius 2 is 1.80 bits per heavy atom. The molecule has 2 heterocycles. The van der Waals surface area contributed by atoms with E-state index in [1.807, 2.05) is 36.4 Å².